The van der Waals surface area contributed by atoms with Crippen molar-refractivity contribution in [1.29, 1.82) is 0 Å². The van der Waals surface area contributed by atoms with Crippen LogP contribution in [0.3, 0.4) is 0 Å². The van der Waals surface area contributed by atoms with Crippen molar-refractivity contribution in [3.63, 3.8) is 0 Å². The predicted octanol–water partition coefficient (Wildman–Crippen LogP) is 2.28. The van der Waals surface area contributed by atoms with Gasteiger partial charge in [-0.05, 0) is 39.3 Å². The molecule has 2 aromatic rings. The number of hydrogen-bond donors (Lipinski definition) is 2. The van der Waals surface area contributed by atoms with Crippen molar-refractivity contribution in [3.8, 4) is 11.6 Å². The normalized spacial score (nSPS) is 18.6. The second-order valence-electron chi connectivity index (χ2n) is 8.70. The first kappa shape index (κ1) is 25.3. The Morgan fingerprint density at radius 3 is 2.53 bits per heavy atom. The Labute approximate surface area is 193 Å². The highest BCUT2D eigenvalue weighted by atomic mass is 19.4. The van der Waals surface area contributed by atoms with Crippen molar-refractivity contribution in [3.05, 3.63) is 35.8 Å². The molecule has 0 unspecified atom stereocenters. The second-order valence-corrected chi connectivity index (χ2v) is 8.70. The molecule has 2 amide bonds. The van der Waals surface area contributed by atoms with Crippen LogP contribution in [-0.2, 0) is 22.3 Å². The Morgan fingerprint density at radius 2 is 1.97 bits per heavy atom. The van der Waals surface area contributed by atoms with Gasteiger partial charge in [0.25, 0.3) is 0 Å². The molecule has 13 heteroatoms. The van der Waals surface area contributed by atoms with Crippen LogP contribution < -0.4 is 10.1 Å². The number of carbonyl (C=O) groups is 2. The highest BCUT2D eigenvalue weighted by Gasteiger charge is 2.42. The number of pyridine rings is 1. The summed E-state index contributed by atoms with van der Waals surface area (Å²) in [6, 6.07) is 0.908. The number of halogens is 3. The van der Waals surface area contributed by atoms with Gasteiger partial charge >= 0.3 is 12.3 Å². The molecule has 34 heavy (non-hydrogen) atoms. The van der Waals surface area contributed by atoms with E-state index >= 15 is 0 Å². The van der Waals surface area contributed by atoms with Crippen LogP contribution in [0.1, 0.15) is 38.4 Å². The van der Waals surface area contributed by atoms with Gasteiger partial charge in [0.15, 0.2) is 0 Å². The molecule has 10 nitrogen and oxygen atoms in total. The second kappa shape index (κ2) is 9.49. The molecule has 0 aliphatic carbocycles. The maximum atomic E-state index is 12.8. The minimum absolute atomic E-state index is 0.0680. The number of aliphatic hydroxyl groups is 1. The lowest BCUT2D eigenvalue weighted by Gasteiger charge is -2.28. The van der Waals surface area contributed by atoms with Crippen molar-refractivity contribution in [2.45, 2.75) is 57.7 Å². The quantitative estimate of drug-likeness (QED) is 0.667. The molecule has 0 bridgehead atoms. The molecule has 2 aromatic heterocycles. The van der Waals surface area contributed by atoms with E-state index in [2.05, 4.69) is 15.4 Å². The Bertz CT molecular complexity index is 1030. The average Bonchev–Trinajstić information content (AvgIpc) is 3.33. The lowest BCUT2D eigenvalue weighted by molar-refractivity contribution is -0.141. The summed E-state index contributed by atoms with van der Waals surface area (Å²) in [5.74, 6) is -0.460. The zero-order valence-electron chi connectivity index (χ0n) is 19.1. The molecule has 2 atom stereocenters. The summed E-state index contributed by atoms with van der Waals surface area (Å²) in [4.78, 5) is 29.8. The molecule has 3 rings (SSSR count). The van der Waals surface area contributed by atoms with Gasteiger partial charge in [-0.1, -0.05) is 0 Å². The SMILES string of the molecule is COc1nn(-c2ccc(C(F)(F)F)nc2)cc1CNC(=O)[C@@H]1[C@@H](O)CCN1C(=O)OC(C)(C)C. The fourth-order valence-electron chi connectivity index (χ4n) is 3.41. The summed E-state index contributed by atoms with van der Waals surface area (Å²) >= 11 is 0. The first-order chi connectivity index (χ1) is 15.8. The fraction of sp³-hybridized carbons (Fsp3) is 0.524. The van der Waals surface area contributed by atoms with Gasteiger partial charge in [-0.15, -0.1) is 5.10 Å². The molecule has 186 valence electrons. The highest BCUT2D eigenvalue weighted by Crippen LogP contribution is 2.28. The summed E-state index contributed by atoms with van der Waals surface area (Å²) < 4.78 is 50.0. The first-order valence-corrected chi connectivity index (χ1v) is 10.4. The largest absolute Gasteiger partial charge is 0.480 e. The molecule has 2 N–H and O–H groups in total. The van der Waals surface area contributed by atoms with Gasteiger partial charge in [-0.2, -0.15) is 13.2 Å². The standard InChI is InChI=1S/C21H26F3N5O5/c1-20(2,3)34-19(32)28-8-7-14(30)16(28)17(31)26-9-12-11-29(27-18(12)33-4)13-5-6-15(25-10-13)21(22,23)24/h5-6,10-11,14,16,30H,7-9H2,1-4H3,(H,26,31)/t14-,16-/m0/s1. The molecule has 3 heterocycles. The van der Waals surface area contributed by atoms with Gasteiger partial charge < -0.3 is 19.9 Å². The Kier molecular flexibility index (Phi) is 7.05. The number of aliphatic hydroxyl groups excluding tert-OH is 1. The third kappa shape index (κ3) is 5.76. The van der Waals surface area contributed by atoms with E-state index in [-0.39, 0.29) is 31.1 Å². The molecule has 1 aliphatic heterocycles. The Hall–Kier alpha value is -3.35. The lowest BCUT2D eigenvalue weighted by atomic mass is 10.1. The summed E-state index contributed by atoms with van der Waals surface area (Å²) in [5.41, 5.74) is -1.12. The maximum absolute atomic E-state index is 12.8. The van der Waals surface area contributed by atoms with Crippen LogP contribution in [0.4, 0.5) is 18.0 Å². The highest BCUT2D eigenvalue weighted by molar-refractivity contribution is 5.87. The Morgan fingerprint density at radius 1 is 1.26 bits per heavy atom. The third-order valence-electron chi connectivity index (χ3n) is 4.96. The van der Waals surface area contributed by atoms with E-state index in [4.69, 9.17) is 9.47 Å². The molecule has 1 fully saturated rings. The van der Waals surface area contributed by atoms with E-state index < -0.39 is 41.6 Å². The van der Waals surface area contributed by atoms with Gasteiger partial charge in [-0.3, -0.25) is 9.69 Å². The zero-order valence-corrected chi connectivity index (χ0v) is 19.1. The number of alkyl halides is 3. The van der Waals surface area contributed by atoms with E-state index in [0.717, 1.165) is 12.3 Å². The average molecular weight is 485 g/mol. The van der Waals surface area contributed by atoms with Gasteiger partial charge in [0, 0.05) is 19.3 Å². The molecule has 0 aromatic carbocycles. The van der Waals surface area contributed by atoms with Gasteiger partial charge in [-0.25, -0.2) is 14.5 Å². The number of amides is 2. The number of carbonyl (C=O) groups excluding carboxylic acids is 2. The molecular formula is C21H26F3N5O5. The van der Waals surface area contributed by atoms with Crippen molar-refractivity contribution in [2.24, 2.45) is 0 Å². The summed E-state index contributed by atoms with van der Waals surface area (Å²) in [7, 11) is 1.36. The van der Waals surface area contributed by atoms with E-state index in [1.807, 2.05) is 0 Å². The lowest BCUT2D eigenvalue weighted by Crippen LogP contribution is -2.51. The van der Waals surface area contributed by atoms with Gasteiger partial charge in [0.2, 0.25) is 11.8 Å². The smallest absolute Gasteiger partial charge is 0.433 e. The number of ether oxygens (including phenoxy) is 2. The fourth-order valence-corrected chi connectivity index (χ4v) is 3.41. The third-order valence-corrected chi connectivity index (χ3v) is 4.96. The van der Waals surface area contributed by atoms with Crippen LogP contribution in [0.15, 0.2) is 24.5 Å². The van der Waals surface area contributed by atoms with E-state index in [1.54, 1.807) is 20.8 Å². The van der Waals surface area contributed by atoms with Crippen molar-refractivity contribution in [2.75, 3.05) is 13.7 Å². The van der Waals surface area contributed by atoms with Crippen LogP contribution in [0.2, 0.25) is 0 Å². The van der Waals surface area contributed by atoms with Crippen molar-refractivity contribution in [1.82, 2.24) is 25.0 Å². The number of nitrogens with one attached hydrogen (secondary N) is 1. The van der Waals surface area contributed by atoms with Crippen LogP contribution >= 0.6 is 0 Å². The molecule has 0 radical (unpaired) electrons. The van der Waals surface area contributed by atoms with Crippen molar-refractivity contribution < 1.29 is 37.3 Å². The number of aromatic nitrogens is 3. The number of nitrogens with zero attached hydrogens (tertiary/aromatic N) is 4. The summed E-state index contributed by atoms with van der Waals surface area (Å²) in [6.07, 6.45) is -3.61. The van der Waals surface area contributed by atoms with E-state index in [0.29, 0.717) is 5.56 Å². The van der Waals surface area contributed by atoms with E-state index in [1.165, 1.54) is 29.0 Å². The van der Waals surface area contributed by atoms with Crippen LogP contribution in [0.5, 0.6) is 5.88 Å². The Balaban J connectivity index is 1.71. The van der Waals surface area contributed by atoms with Gasteiger partial charge in [0.1, 0.15) is 17.3 Å². The van der Waals surface area contributed by atoms with Gasteiger partial charge in [0.05, 0.1) is 30.7 Å². The monoisotopic (exact) mass is 485 g/mol. The number of hydrogen-bond acceptors (Lipinski definition) is 7. The first-order valence-electron chi connectivity index (χ1n) is 10.4. The molecular weight excluding hydrogens is 459 g/mol. The van der Waals surface area contributed by atoms with Crippen LogP contribution in [-0.4, -0.2) is 68.2 Å². The number of likely N-dealkylation sites (tertiary alicyclic amines) is 1. The summed E-state index contributed by atoms with van der Waals surface area (Å²) in [5, 5.41) is 17.1. The molecule has 1 aliphatic rings. The minimum Gasteiger partial charge on any atom is -0.480 e. The maximum Gasteiger partial charge on any atom is 0.433 e. The minimum atomic E-state index is -4.56. The van der Waals surface area contributed by atoms with Crippen LogP contribution in [0.25, 0.3) is 5.69 Å². The molecule has 0 spiro atoms. The zero-order chi connectivity index (χ0) is 25.3. The van der Waals surface area contributed by atoms with Crippen molar-refractivity contribution >= 4 is 12.0 Å². The summed E-state index contributed by atoms with van der Waals surface area (Å²) in [6.45, 7) is 5.19. The molecule has 0 saturated carbocycles. The van der Waals surface area contributed by atoms with E-state index in [9.17, 15) is 27.9 Å². The number of methoxy groups -OCH3 is 1. The number of rotatable bonds is 5. The topological polar surface area (TPSA) is 119 Å². The predicted molar refractivity (Wildman–Crippen MR) is 112 cm³/mol. The van der Waals surface area contributed by atoms with Crippen LogP contribution in [0, 0.1) is 0 Å². The molecule has 1 saturated heterocycles.